The van der Waals surface area contributed by atoms with Crippen LogP contribution in [0.2, 0.25) is 0 Å². The van der Waals surface area contributed by atoms with E-state index in [-0.39, 0.29) is 0 Å². The molecule has 1 N–H and O–H groups in total. The molecule has 0 aliphatic heterocycles. The molecule has 0 spiro atoms. The van der Waals surface area contributed by atoms with Crippen LogP contribution in [0.15, 0.2) is 47.4 Å². The van der Waals surface area contributed by atoms with Gasteiger partial charge in [0.2, 0.25) is 0 Å². The van der Waals surface area contributed by atoms with Gasteiger partial charge < -0.3 is 5.32 Å². The quantitative estimate of drug-likeness (QED) is 0.804. The van der Waals surface area contributed by atoms with Crippen LogP contribution in [0.3, 0.4) is 0 Å². The highest BCUT2D eigenvalue weighted by atomic mass is 32.2. The molecule has 0 saturated heterocycles. The van der Waals surface area contributed by atoms with Crippen LogP contribution in [0.25, 0.3) is 10.8 Å². The Morgan fingerprint density at radius 3 is 2.65 bits per heavy atom. The first-order valence-electron chi connectivity index (χ1n) is 6.06. The van der Waals surface area contributed by atoms with E-state index in [4.69, 9.17) is 0 Å². The molecule has 2 aromatic rings. The third-order valence-corrected chi connectivity index (χ3v) is 4.13. The molecule has 90 valence electrons. The monoisotopic (exact) mass is 245 g/mol. The topological polar surface area (TPSA) is 12.0 Å². The van der Waals surface area contributed by atoms with Gasteiger partial charge in [0, 0.05) is 10.6 Å². The van der Waals surface area contributed by atoms with E-state index in [1.54, 1.807) is 0 Å². The highest BCUT2D eigenvalue weighted by Crippen LogP contribution is 2.24. The van der Waals surface area contributed by atoms with Crippen LogP contribution < -0.4 is 5.32 Å². The van der Waals surface area contributed by atoms with Crippen molar-refractivity contribution in [2.24, 2.45) is 5.92 Å². The van der Waals surface area contributed by atoms with Crippen LogP contribution in [0.1, 0.15) is 6.92 Å². The number of benzene rings is 2. The van der Waals surface area contributed by atoms with Gasteiger partial charge >= 0.3 is 0 Å². The van der Waals surface area contributed by atoms with Gasteiger partial charge in [-0.1, -0.05) is 37.3 Å². The number of rotatable bonds is 5. The summed E-state index contributed by atoms with van der Waals surface area (Å²) in [6, 6.07) is 15.2. The zero-order chi connectivity index (χ0) is 12.1. The molecule has 2 aromatic carbocycles. The maximum absolute atomic E-state index is 3.22. The fourth-order valence-corrected chi connectivity index (χ4v) is 2.87. The molecule has 0 heterocycles. The number of thioether (sulfide) groups is 1. The molecule has 0 amide bonds. The normalized spacial score (nSPS) is 12.8. The SMILES string of the molecule is CNCC(C)CSc1ccc2ccccc2c1. The molecule has 1 nitrogen and oxygen atoms in total. The van der Waals surface area contributed by atoms with E-state index < -0.39 is 0 Å². The van der Waals surface area contributed by atoms with Crippen LogP contribution in [0.5, 0.6) is 0 Å². The van der Waals surface area contributed by atoms with Crippen molar-refractivity contribution >= 4 is 22.5 Å². The van der Waals surface area contributed by atoms with Gasteiger partial charge in [-0.15, -0.1) is 11.8 Å². The number of hydrogen-bond donors (Lipinski definition) is 1. The van der Waals surface area contributed by atoms with E-state index in [1.165, 1.54) is 21.4 Å². The Hall–Kier alpha value is -0.990. The predicted octanol–water partition coefficient (Wildman–Crippen LogP) is 3.79. The first kappa shape index (κ1) is 12.5. The van der Waals surface area contributed by atoms with Crippen molar-refractivity contribution in [3.8, 4) is 0 Å². The zero-order valence-corrected chi connectivity index (χ0v) is 11.3. The molecule has 0 saturated carbocycles. The third kappa shape index (κ3) is 3.48. The van der Waals surface area contributed by atoms with Crippen molar-refractivity contribution in [3.05, 3.63) is 42.5 Å². The Morgan fingerprint density at radius 2 is 1.88 bits per heavy atom. The van der Waals surface area contributed by atoms with Crippen molar-refractivity contribution in [2.45, 2.75) is 11.8 Å². The molecule has 17 heavy (non-hydrogen) atoms. The second-order valence-electron chi connectivity index (χ2n) is 4.48. The van der Waals surface area contributed by atoms with Crippen LogP contribution in [-0.2, 0) is 0 Å². The summed E-state index contributed by atoms with van der Waals surface area (Å²) >= 11 is 1.94. The second-order valence-corrected chi connectivity index (χ2v) is 5.58. The van der Waals surface area contributed by atoms with E-state index >= 15 is 0 Å². The first-order chi connectivity index (χ1) is 8.29. The fraction of sp³-hybridized carbons (Fsp3) is 0.333. The van der Waals surface area contributed by atoms with E-state index in [0.29, 0.717) is 5.92 Å². The van der Waals surface area contributed by atoms with E-state index in [1.807, 2.05) is 18.8 Å². The standard InChI is InChI=1S/C15H19NS/c1-12(10-16-2)11-17-15-8-7-13-5-3-4-6-14(13)9-15/h3-9,12,16H,10-11H2,1-2H3. The van der Waals surface area contributed by atoms with Gasteiger partial charge in [0.1, 0.15) is 0 Å². The third-order valence-electron chi connectivity index (χ3n) is 2.81. The molecular weight excluding hydrogens is 226 g/mol. The van der Waals surface area contributed by atoms with Crippen LogP contribution >= 0.6 is 11.8 Å². The lowest BCUT2D eigenvalue weighted by Crippen LogP contribution is -2.17. The average Bonchev–Trinajstić information content (AvgIpc) is 2.36. The summed E-state index contributed by atoms with van der Waals surface area (Å²) in [5, 5.41) is 5.87. The Balaban J connectivity index is 2.04. The molecule has 0 aromatic heterocycles. The largest absolute Gasteiger partial charge is 0.319 e. The van der Waals surface area contributed by atoms with Crippen molar-refractivity contribution in [3.63, 3.8) is 0 Å². The van der Waals surface area contributed by atoms with Gasteiger partial charge in [0.15, 0.2) is 0 Å². The van der Waals surface area contributed by atoms with E-state index in [9.17, 15) is 0 Å². The predicted molar refractivity (Wildman–Crippen MR) is 77.8 cm³/mol. The van der Waals surface area contributed by atoms with E-state index in [0.717, 1.165) is 6.54 Å². The minimum atomic E-state index is 0.705. The molecule has 0 aliphatic rings. The molecule has 2 rings (SSSR count). The lowest BCUT2D eigenvalue weighted by atomic mass is 10.1. The molecule has 1 atom stereocenters. The minimum absolute atomic E-state index is 0.705. The lowest BCUT2D eigenvalue weighted by molar-refractivity contribution is 0.603. The highest BCUT2D eigenvalue weighted by Gasteiger charge is 2.02. The molecule has 0 radical (unpaired) electrons. The summed E-state index contributed by atoms with van der Waals surface area (Å²) in [6.45, 7) is 3.37. The Morgan fingerprint density at radius 1 is 1.12 bits per heavy atom. The van der Waals surface area contributed by atoms with Gasteiger partial charge in [-0.3, -0.25) is 0 Å². The summed E-state index contributed by atoms with van der Waals surface area (Å²) in [4.78, 5) is 1.37. The Bertz CT molecular complexity index is 481. The van der Waals surface area contributed by atoms with Crippen LogP contribution in [0.4, 0.5) is 0 Å². The van der Waals surface area contributed by atoms with Crippen molar-refractivity contribution in [1.82, 2.24) is 5.32 Å². The molecule has 0 aliphatic carbocycles. The minimum Gasteiger partial charge on any atom is -0.319 e. The van der Waals surface area contributed by atoms with Crippen LogP contribution in [-0.4, -0.2) is 19.3 Å². The zero-order valence-electron chi connectivity index (χ0n) is 10.4. The number of fused-ring (bicyclic) bond motifs is 1. The van der Waals surface area contributed by atoms with Gasteiger partial charge in [-0.05, 0) is 42.4 Å². The van der Waals surface area contributed by atoms with Gasteiger partial charge in [-0.25, -0.2) is 0 Å². The van der Waals surface area contributed by atoms with Gasteiger partial charge in [0.25, 0.3) is 0 Å². The number of hydrogen-bond acceptors (Lipinski definition) is 2. The summed E-state index contributed by atoms with van der Waals surface area (Å²) in [5.74, 6) is 1.87. The smallest absolute Gasteiger partial charge is 0.00784 e. The van der Waals surface area contributed by atoms with Crippen molar-refractivity contribution in [2.75, 3.05) is 19.3 Å². The first-order valence-corrected chi connectivity index (χ1v) is 7.04. The maximum atomic E-state index is 3.22. The summed E-state index contributed by atoms with van der Waals surface area (Å²) < 4.78 is 0. The molecule has 1 unspecified atom stereocenters. The van der Waals surface area contributed by atoms with Crippen molar-refractivity contribution in [1.29, 1.82) is 0 Å². The second kappa shape index (κ2) is 6.08. The van der Waals surface area contributed by atoms with E-state index in [2.05, 4.69) is 54.7 Å². The van der Waals surface area contributed by atoms with Gasteiger partial charge in [-0.2, -0.15) is 0 Å². The lowest BCUT2D eigenvalue weighted by Gasteiger charge is -2.10. The van der Waals surface area contributed by atoms with Gasteiger partial charge in [0.05, 0.1) is 0 Å². The molecule has 0 fully saturated rings. The Kier molecular flexibility index (Phi) is 4.46. The van der Waals surface area contributed by atoms with Crippen molar-refractivity contribution < 1.29 is 0 Å². The molecule has 2 heteroatoms. The average molecular weight is 245 g/mol. The Labute approximate surface area is 108 Å². The maximum Gasteiger partial charge on any atom is 0.00784 e. The van der Waals surface area contributed by atoms with Crippen LogP contribution in [0, 0.1) is 5.92 Å². The highest BCUT2D eigenvalue weighted by molar-refractivity contribution is 7.99. The molecule has 0 bridgehead atoms. The summed E-state index contributed by atoms with van der Waals surface area (Å²) in [5.41, 5.74) is 0. The fourth-order valence-electron chi connectivity index (χ4n) is 1.90. The summed E-state index contributed by atoms with van der Waals surface area (Å²) in [6.07, 6.45) is 0. The number of nitrogens with one attached hydrogen (secondary N) is 1. The summed E-state index contributed by atoms with van der Waals surface area (Å²) in [7, 11) is 2.01. The molecular formula is C15H19NS.